The van der Waals surface area contributed by atoms with Gasteiger partial charge in [0.15, 0.2) is 0 Å². The first-order valence-electron chi connectivity index (χ1n) is 3.39. The maximum absolute atomic E-state index is 8.57. The van der Waals surface area contributed by atoms with Gasteiger partial charge in [-0.1, -0.05) is 23.7 Å². The van der Waals surface area contributed by atoms with Crippen molar-refractivity contribution < 1.29 is 5.21 Å². The zero-order valence-corrected chi connectivity index (χ0v) is 8.19. The van der Waals surface area contributed by atoms with Crippen LogP contribution >= 0.6 is 24.0 Å². The van der Waals surface area contributed by atoms with Gasteiger partial charge in [-0.05, 0) is 24.6 Å². The van der Waals surface area contributed by atoms with Crippen molar-refractivity contribution in [2.45, 2.75) is 13.0 Å². The molecule has 0 saturated heterocycles. The van der Waals surface area contributed by atoms with Crippen LogP contribution in [0.2, 0.25) is 5.02 Å². The fourth-order valence-corrected chi connectivity index (χ4v) is 0.952. The fourth-order valence-electron chi connectivity index (χ4n) is 0.826. The molecule has 0 amide bonds. The van der Waals surface area contributed by atoms with Crippen LogP contribution in [0.1, 0.15) is 18.5 Å². The molecule has 2 N–H and O–H groups in total. The number of nitrogens with one attached hydrogen (secondary N) is 1. The smallest absolute Gasteiger partial charge is 0.0540 e. The molecule has 68 valence electrons. The Balaban J connectivity index is 0.00000121. The van der Waals surface area contributed by atoms with Crippen molar-refractivity contribution in [1.29, 1.82) is 0 Å². The van der Waals surface area contributed by atoms with Gasteiger partial charge in [0.1, 0.15) is 0 Å². The van der Waals surface area contributed by atoms with Crippen LogP contribution in [0.25, 0.3) is 0 Å². The molecular formula is C8H11Cl2NO. The van der Waals surface area contributed by atoms with Gasteiger partial charge < -0.3 is 5.21 Å². The molecule has 2 nitrogen and oxygen atoms in total. The van der Waals surface area contributed by atoms with Crippen molar-refractivity contribution >= 4 is 24.0 Å². The van der Waals surface area contributed by atoms with Crippen LogP contribution in [0, 0.1) is 0 Å². The highest BCUT2D eigenvalue weighted by atomic mass is 35.5. The molecule has 1 aromatic carbocycles. The van der Waals surface area contributed by atoms with E-state index in [0.717, 1.165) is 5.56 Å². The van der Waals surface area contributed by atoms with E-state index in [1.54, 1.807) is 12.1 Å². The maximum atomic E-state index is 8.57. The summed E-state index contributed by atoms with van der Waals surface area (Å²) in [6.45, 7) is 1.86. The quantitative estimate of drug-likeness (QED) is 0.732. The molecule has 0 aliphatic rings. The summed E-state index contributed by atoms with van der Waals surface area (Å²) in [5.74, 6) is 0. The topological polar surface area (TPSA) is 32.3 Å². The molecule has 0 radical (unpaired) electrons. The molecule has 0 bridgehead atoms. The normalized spacial score (nSPS) is 11.9. The Labute approximate surface area is 82.9 Å². The minimum atomic E-state index is -0.0488. The van der Waals surface area contributed by atoms with E-state index in [4.69, 9.17) is 16.8 Å². The Morgan fingerprint density at radius 1 is 1.33 bits per heavy atom. The summed E-state index contributed by atoms with van der Waals surface area (Å²) in [4.78, 5) is 0. The lowest BCUT2D eigenvalue weighted by Crippen LogP contribution is -2.12. The van der Waals surface area contributed by atoms with Crippen LogP contribution in [-0.4, -0.2) is 5.21 Å². The van der Waals surface area contributed by atoms with Crippen LogP contribution in [0.15, 0.2) is 24.3 Å². The van der Waals surface area contributed by atoms with Gasteiger partial charge in [-0.15, -0.1) is 12.4 Å². The summed E-state index contributed by atoms with van der Waals surface area (Å²) in [5, 5.41) is 9.28. The van der Waals surface area contributed by atoms with Gasteiger partial charge >= 0.3 is 0 Å². The minimum Gasteiger partial charge on any atom is -0.316 e. The minimum absolute atomic E-state index is 0. The molecule has 1 atom stereocenters. The van der Waals surface area contributed by atoms with Gasteiger partial charge in [0, 0.05) is 5.02 Å². The van der Waals surface area contributed by atoms with E-state index in [0.29, 0.717) is 5.02 Å². The second kappa shape index (κ2) is 5.38. The largest absolute Gasteiger partial charge is 0.316 e. The average Bonchev–Trinajstić information content (AvgIpc) is 2.05. The summed E-state index contributed by atoms with van der Waals surface area (Å²) in [6.07, 6.45) is 0. The van der Waals surface area contributed by atoms with Crippen molar-refractivity contribution in [3.8, 4) is 0 Å². The zero-order chi connectivity index (χ0) is 8.27. The Kier molecular flexibility index (Phi) is 5.25. The number of halogens is 2. The number of hydrogen-bond acceptors (Lipinski definition) is 2. The summed E-state index contributed by atoms with van der Waals surface area (Å²) in [6, 6.07) is 7.29. The number of hydrogen-bond donors (Lipinski definition) is 2. The van der Waals surface area contributed by atoms with E-state index >= 15 is 0 Å². The number of rotatable bonds is 2. The highest BCUT2D eigenvalue weighted by Gasteiger charge is 2.01. The fraction of sp³-hybridized carbons (Fsp3) is 0.250. The second-order valence-corrected chi connectivity index (χ2v) is 2.84. The van der Waals surface area contributed by atoms with Gasteiger partial charge in [0.05, 0.1) is 6.04 Å². The Morgan fingerprint density at radius 3 is 2.25 bits per heavy atom. The zero-order valence-electron chi connectivity index (χ0n) is 6.62. The summed E-state index contributed by atoms with van der Waals surface area (Å²) in [5.41, 5.74) is 3.17. The standard InChI is InChI=1S/C8H10ClNO.ClH/c1-6(10-11)7-2-4-8(9)5-3-7;/h2-6,10-11H,1H3;1H. The Bertz CT molecular complexity index is 225. The molecule has 0 fully saturated rings. The molecular weight excluding hydrogens is 197 g/mol. The molecule has 1 rings (SSSR count). The van der Waals surface area contributed by atoms with E-state index < -0.39 is 0 Å². The third kappa shape index (κ3) is 2.99. The SMILES string of the molecule is CC(NO)c1ccc(Cl)cc1.Cl. The summed E-state index contributed by atoms with van der Waals surface area (Å²) >= 11 is 5.68. The second-order valence-electron chi connectivity index (χ2n) is 2.40. The van der Waals surface area contributed by atoms with Crippen LogP contribution in [0.4, 0.5) is 0 Å². The highest BCUT2D eigenvalue weighted by molar-refractivity contribution is 6.30. The van der Waals surface area contributed by atoms with Crippen LogP contribution in [0.5, 0.6) is 0 Å². The third-order valence-electron chi connectivity index (χ3n) is 1.56. The first-order chi connectivity index (χ1) is 5.24. The lowest BCUT2D eigenvalue weighted by Gasteiger charge is -2.08. The predicted octanol–water partition coefficient (Wildman–Crippen LogP) is 2.80. The number of benzene rings is 1. The van der Waals surface area contributed by atoms with Crippen molar-refractivity contribution in [3.05, 3.63) is 34.9 Å². The molecule has 1 aromatic rings. The van der Waals surface area contributed by atoms with Crippen LogP contribution in [0.3, 0.4) is 0 Å². The van der Waals surface area contributed by atoms with Crippen molar-refractivity contribution in [3.63, 3.8) is 0 Å². The van der Waals surface area contributed by atoms with E-state index in [2.05, 4.69) is 5.48 Å². The third-order valence-corrected chi connectivity index (χ3v) is 1.82. The Morgan fingerprint density at radius 2 is 1.83 bits per heavy atom. The van der Waals surface area contributed by atoms with Gasteiger partial charge in [-0.2, -0.15) is 5.48 Å². The van der Waals surface area contributed by atoms with Gasteiger partial charge in [0.2, 0.25) is 0 Å². The highest BCUT2D eigenvalue weighted by Crippen LogP contribution is 2.14. The monoisotopic (exact) mass is 207 g/mol. The maximum Gasteiger partial charge on any atom is 0.0540 e. The van der Waals surface area contributed by atoms with E-state index in [9.17, 15) is 0 Å². The summed E-state index contributed by atoms with van der Waals surface area (Å²) < 4.78 is 0. The van der Waals surface area contributed by atoms with Gasteiger partial charge in [0.25, 0.3) is 0 Å². The predicted molar refractivity (Wildman–Crippen MR) is 52.0 cm³/mol. The van der Waals surface area contributed by atoms with Gasteiger partial charge in [-0.3, -0.25) is 0 Å². The van der Waals surface area contributed by atoms with E-state index in [-0.39, 0.29) is 18.4 Å². The molecule has 0 heterocycles. The molecule has 0 aliphatic carbocycles. The first kappa shape index (κ1) is 11.7. The van der Waals surface area contributed by atoms with Crippen LogP contribution < -0.4 is 5.48 Å². The lowest BCUT2D eigenvalue weighted by atomic mass is 10.1. The molecule has 4 heteroatoms. The first-order valence-corrected chi connectivity index (χ1v) is 3.77. The molecule has 0 aromatic heterocycles. The van der Waals surface area contributed by atoms with E-state index in [1.807, 2.05) is 19.1 Å². The molecule has 0 saturated carbocycles. The van der Waals surface area contributed by atoms with Crippen molar-refractivity contribution in [2.24, 2.45) is 0 Å². The molecule has 0 aliphatic heterocycles. The lowest BCUT2D eigenvalue weighted by molar-refractivity contribution is 0.133. The molecule has 12 heavy (non-hydrogen) atoms. The number of hydroxylamine groups is 1. The van der Waals surface area contributed by atoms with Crippen molar-refractivity contribution in [1.82, 2.24) is 5.48 Å². The van der Waals surface area contributed by atoms with Crippen LogP contribution in [-0.2, 0) is 0 Å². The van der Waals surface area contributed by atoms with Gasteiger partial charge in [-0.25, -0.2) is 0 Å². The van der Waals surface area contributed by atoms with E-state index in [1.165, 1.54) is 0 Å². The molecule has 1 unspecified atom stereocenters. The molecule has 0 spiro atoms. The van der Waals surface area contributed by atoms with Crippen molar-refractivity contribution in [2.75, 3.05) is 0 Å². The Hall–Kier alpha value is -0.280. The summed E-state index contributed by atoms with van der Waals surface area (Å²) in [7, 11) is 0. The average molecular weight is 208 g/mol.